The van der Waals surface area contributed by atoms with E-state index in [1.54, 1.807) is 18.2 Å². The lowest BCUT2D eigenvalue weighted by molar-refractivity contribution is -0.387. The van der Waals surface area contributed by atoms with E-state index in [1.807, 2.05) is 0 Å². The third kappa shape index (κ3) is 2.48. The third-order valence-corrected chi connectivity index (χ3v) is 3.97. The smallest absolute Gasteiger partial charge is 0.284 e. The average molecular weight is 252 g/mol. The molecule has 0 bridgehead atoms. The van der Waals surface area contributed by atoms with Crippen molar-refractivity contribution in [2.75, 3.05) is 0 Å². The Morgan fingerprint density at radius 1 is 1.41 bits per heavy atom. The number of rotatable bonds is 5. The van der Waals surface area contributed by atoms with Crippen molar-refractivity contribution in [1.82, 2.24) is 4.72 Å². The molecule has 1 fully saturated rings. The van der Waals surface area contributed by atoms with E-state index in [1.165, 1.54) is 6.07 Å². The molecule has 0 aromatic heterocycles. The standard InChI is InChI=1S/C11H12N2O3S/c14-8-11(6-3-7-11)12-17-10-5-2-1-4-9(10)13(15)16/h1-2,4-5,8,12H,3,6-7H2. The van der Waals surface area contributed by atoms with Crippen molar-refractivity contribution >= 4 is 23.9 Å². The molecule has 0 atom stereocenters. The van der Waals surface area contributed by atoms with Crippen LogP contribution < -0.4 is 4.72 Å². The molecule has 0 unspecified atom stereocenters. The highest BCUT2D eigenvalue weighted by molar-refractivity contribution is 7.97. The Balaban J connectivity index is 2.08. The van der Waals surface area contributed by atoms with Gasteiger partial charge in [-0.05, 0) is 37.3 Å². The molecule has 0 radical (unpaired) electrons. The zero-order valence-electron chi connectivity index (χ0n) is 9.09. The Bertz CT molecular complexity index is 446. The summed E-state index contributed by atoms with van der Waals surface area (Å²) in [6.07, 6.45) is 3.51. The van der Waals surface area contributed by atoms with Gasteiger partial charge in [0.25, 0.3) is 5.69 Å². The number of nitrogens with one attached hydrogen (secondary N) is 1. The van der Waals surface area contributed by atoms with Gasteiger partial charge >= 0.3 is 0 Å². The van der Waals surface area contributed by atoms with Gasteiger partial charge in [-0.15, -0.1) is 0 Å². The lowest BCUT2D eigenvalue weighted by Crippen LogP contribution is -2.49. The summed E-state index contributed by atoms with van der Waals surface area (Å²) in [5, 5.41) is 10.8. The summed E-state index contributed by atoms with van der Waals surface area (Å²) in [6, 6.07) is 6.50. The quantitative estimate of drug-likeness (QED) is 0.377. The van der Waals surface area contributed by atoms with Gasteiger partial charge in [-0.3, -0.25) is 10.1 Å². The van der Waals surface area contributed by atoms with E-state index in [0.717, 1.165) is 37.5 Å². The summed E-state index contributed by atoms with van der Waals surface area (Å²) in [4.78, 5) is 21.8. The molecule has 2 rings (SSSR count). The predicted molar refractivity (Wildman–Crippen MR) is 64.7 cm³/mol. The van der Waals surface area contributed by atoms with Crippen molar-refractivity contribution in [3.05, 3.63) is 34.4 Å². The number of nitro benzene ring substituents is 1. The van der Waals surface area contributed by atoms with Gasteiger partial charge in [0, 0.05) is 6.07 Å². The van der Waals surface area contributed by atoms with Gasteiger partial charge in [-0.1, -0.05) is 12.1 Å². The summed E-state index contributed by atoms with van der Waals surface area (Å²) >= 11 is 1.16. The van der Waals surface area contributed by atoms with E-state index in [-0.39, 0.29) is 5.69 Å². The van der Waals surface area contributed by atoms with Gasteiger partial charge in [-0.25, -0.2) is 4.72 Å². The number of nitro groups is 1. The van der Waals surface area contributed by atoms with E-state index in [4.69, 9.17) is 0 Å². The Morgan fingerprint density at radius 3 is 2.65 bits per heavy atom. The zero-order valence-corrected chi connectivity index (χ0v) is 9.90. The van der Waals surface area contributed by atoms with Crippen LogP contribution in [0.3, 0.4) is 0 Å². The molecule has 0 spiro atoms. The minimum Gasteiger partial charge on any atom is -0.301 e. The third-order valence-electron chi connectivity index (χ3n) is 2.90. The maximum absolute atomic E-state index is 10.9. The summed E-state index contributed by atoms with van der Waals surface area (Å²) in [5.41, 5.74) is -0.431. The van der Waals surface area contributed by atoms with Crippen molar-refractivity contribution in [1.29, 1.82) is 0 Å². The Labute approximate surface area is 103 Å². The molecule has 1 aromatic carbocycles. The molecule has 6 heteroatoms. The molecule has 0 amide bonds. The van der Waals surface area contributed by atoms with E-state index in [0.29, 0.717) is 4.90 Å². The van der Waals surface area contributed by atoms with Crippen LogP contribution in [0.1, 0.15) is 19.3 Å². The summed E-state index contributed by atoms with van der Waals surface area (Å²) in [5.74, 6) is 0. The minimum atomic E-state index is -0.492. The number of benzene rings is 1. The number of para-hydroxylation sites is 1. The van der Waals surface area contributed by atoms with Gasteiger partial charge in [-0.2, -0.15) is 0 Å². The largest absolute Gasteiger partial charge is 0.301 e. The Hall–Kier alpha value is -1.40. The van der Waals surface area contributed by atoms with Gasteiger partial charge in [0.1, 0.15) is 11.2 Å². The molecule has 5 nitrogen and oxygen atoms in total. The van der Waals surface area contributed by atoms with Crippen LogP contribution in [0.15, 0.2) is 29.2 Å². The molecule has 1 saturated carbocycles. The number of carbonyl (C=O) groups excluding carboxylic acids is 1. The first-order valence-electron chi connectivity index (χ1n) is 5.31. The molecule has 0 saturated heterocycles. The van der Waals surface area contributed by atoms with Crippen molar-refractivity contribution in [3.8, 4) is 0 Å². The second kappa shape index (κ2) is 4.85. The van der Waals surface area contributed by atoms with E-state index < -0.39 is 10.5 Å². The van der Waals surface area contributed by atoms with Crippen LogP contribution in [0, 0.1) is 10.1 Å². The van der Waals surface area contributed by atoms with Crippen LogP contribution in [-0.4, -0.2) is 16.7 Å². The molecule has 17 heavy (non-hydrogen) atoms. The normalized spacial score (nSPS) is 17.2. The second-order valence-electron chi connectivity index (χ2n) is 4.06. The van der Waals surface area contributed by atoms with Gasteiger partial charge < -0.3 is 4.79 Å². The molecule has 1 aliphatic carbocycles. The van der Waals surface area contributed by atoms with Crippen molar-refractivity contribution in [2.45, 2.75) is 29.7 Å². The minimum absolute atomic E-state index is 0.0605. The van der Waals surface area contributed by atoms with Crippen molar-refractivity contribution < 1.29 is 9.72 Å². The van der Waals surface area contributed by atoms with Gasteiger partial charge in [0.15, 0.2) is 0 Å². The zero-order chi connectivity index (χ0) is 12.3. The van der Waals surface area contributed by atoms with Crippen molar-refractivity contribution in [3.63, 3.8) is 0 Å². The fraction of sp³-hybridized carbons (Fsp3) is 0.364. The lowest BCUT2D eigenvalue weighted by atomic mass is 9.79. The van der Waals surface area contributed by atoms with Crippen LogP contribution in [0.2, 0.25) is 0 Å². The Morgan fingerprint density at radius 2 is 2.12 bits per heavy atom. The average Bonchev–Trinajstić information content (AvgIpc) is 2.28. The number of hydrogen-bond donors (Lipinski definition) is 1. The Kier molecular flexibility index (Phi) is 3.44. The first-order valence-corrected chi connectivity index (χ1v) is 6.12. The first kappa shape index (κ1) is 12.1. The maximum Gasteiger partial charge on any atom is 0.284 e. The SMILES string of the molecule is O=CC1(NSc2ccccc2[N+](=O)[O-])CCC1. The summed E-state index contributed by atoms with van der Waals surface area (Å²) < 4.78 is 3.04. The van der Waals surface area contributed by atoms with Crippen LogP contribution in [0.25, 0.3) is 0 Å². The monoisotopic (exact) mass is 252 g/mol. The molecular weight excluding hydrogens is 240 g/mol. The maximum atomic E-state index is 10.9. The lowest BCUT2D eigenvalue weighted by Gasteiger charge is -2.36. The topological polar surface area (TPSA) is 72.2 Å². The number of aldehydes is 1. The molecule has 0 aliphatic heterocycles. The van der Waals surface area contributed by atoms with Crippen LogP contribution >= 0.6 is 11.9 Å². The molecule has 90 valence electrons. The summed E-state index contributed by atoms with van der Waals surface area (Å²) in [7, 11) is 0. The molecule has 1 aliphatic rings. The summed E-state index contributed by atoms with van der Waals surface area (Å²) in [6.45, 7) is 0. The molecule has 1 aromatic rings. The van der Waals surface area contributed by atoms with Crippen LogP contribution in [-0.2, 0) is 4.79 Å². The van der Waals surface area contributed by atoms with Gasteiger partial charge in [0.2, 0.25) is 0 Å². The number of hydrogen-bond acceptors (Lipinski definition) is 5. The number of carbonyl (C=O) groups is 1. The van der Waals surface area contributed by atoms with E-state index in [9.17, 15) is 14.9 Å². The predicted octanol–water partition coefficient (Wildman–Crippen LogP) is 2.31. The highest BCUT2D eigenvalue weighted by Gasteiger charge is 2.37. The van der Waals surface area contributed by atoms with Crippen LogP contribution in [0.4, 0.5) is 5.69 Å². The molecule has 1 N–H and O–H groups in total. The second-order valence-corrected chi connectivity index (χ2v) is 4.90. The molecule has 0 heterocycles. The van der Waals surface area contributed by atoms with Gasteiger partial charge in [0.05, 0.1) is 10.5 Å². The van der Waals surface area contributed by atoms with Crippen molar-refractivity contribution in [2.24, 2.45) is 0 Å². The fourth-order valence-corrected chi connectivity index (χ4v) is 2.61. The highest BCUT2D eigenvalue weighted by atomic mass is 32.2. The van der Waals surface area contributed by atoms with Crippen LogP contribution in [0.5, 0.6) is 0 Å². The van der Waals surface area contributed by atoms with E-state index in [2.05, 4.69) is 4.72 Å². The fourth-order valence-electron chi connectivity index (χ4n) is 1.65. The first-order chi connectivity index (χ1) is 8.17. The number of nitrogens with zero attached hydrogens (tertiary/aromatic N) is 1. The van der Waals surface area contributed by atoms with E-state index >= 15 is 0 Å². The molecular formula is C11H12N2O3S. The highest BCUT2D eigenvalue weighted by Crippen LogP contribution is 2.35.